The minimum atomic E-state index is -4.02. The maximum atomic E-state index is 13.6. The number of sulfonamides is 1. The van der Waals surface area contributed by atoms with Crippen LogP contribution in [0.3, 0.4) is 0 Å². The molecule has 1 amide bonds. The molecule has 0 aliphatic heterocycles. The lowest BCUT2D eigenvalue weighted by molar-refractivity contribution is -0.119. The molecule has 4 rings (SSSR count). The van der Waals surface area contributed by atoms with E-state index in [0.29, 0.717) is 23.6 Å². The van der Waals surface area contributed by atoms with E-state index in [1.165, 1.54) is 6.21 Å². The highest BCUT2D eigenvalue weighted by molar-refractivity contribution is 7.92. The van der Waals surface area contributed by atoms with Gasteiger partial charge in [-0.2, -0.15) is 5.10 Å². The van der Waals surface area contributed by atoms with E-state index in [0.717, 1.165) is 21.0 Å². The molecule has 7 nitrogen and oxygen atoms in total. The molecule has 0 saturated heterocycles. The molecule has 0 radical (unpaired) electrons. The Bertz CT molecular complexity index is 1550. The van der Waals surface area contributed by atoms with Crippen molar-refractivity contribution in [2.24, 2.45) is 5.10 Å². The molecule has 0 aliphatic rings. The summed E-state index contributed by atoms with van der Waals surface area (Å²) in [6.07, 6.45) is 1.48. The van der Waals surface area contributed by atoms with Crippen LogP contribution in [0.5, 0.6) is 5.75 Å². The number of rotatable bonds is 11. The Hall–Kier alpha value is -4.43. The fourth-order valence-corrected chi connectivity index (χ4v) is 5.39. The van der Waals surface area contributed by atoms with Crippen LogP contribution in [0.4, 0.5) is 5.69 Å². The van der Waals surface area contributed by atoms with E-state index in [1.807, 2.05) is 73.7 Å². The van der Waals surface area contributed by atoms with Crippen molar-refractivity contribution >= 4 is 27.8 Å². The third-order valence-corrected chi connectivity index (χ3v) is 8.08. The zero-order valence-electron chi connectivity index (χ0n) is 22.8. The number of ether oxygens (including phenoxy) is 1. The van der Waals surface area contributed by atoms with Crippen LogP contribution in [-0.2, 0) is 21.4 Å². The summed E-state index contributed by atoms with van der Waals surface area (Å²) in [5.74, 6) is 0.314. The molecule has 0 heterocycles. The van der Waals surface area contributed by atoms with Crippen molar-refractivity contribution in [3.8, 4) is 5.75 Å². The van der Waals surface area contributed by atoms with E-state index in [4.69, 9.17) is 4.74 Å². The van der Waals surface area contributed by atoms with Crippen molar-refractivity contribution in [2.45, 2.75) is 38.2 Å². The summed E-state index contributed by atoms with van der Waals surface area (Å²) < 4.78 is 34.3. The molecule has 8 heteroatoms. The van der Waals surface area contributed by atoms with Gasteiger partial charge in [-0.25, -0.2) is 13.8 Å². The van der Waals surface area contributed by atoms with Gasteiger partial charge in [-0.3, -0.25) is 9.10 Å². The van der Waals surface area contributed by atoms with E-state index in [-0.39, 0.29) is 10.8 Å². The molecule has 0 aromatic heterocycles. The average Bonchev–Trinajstić information content (AvgIpc) is 2.96. The number of aryl methyl sites for hydroxylation is 1. The van der Waals surface area contributed by atoms with Crippen LogP contribution in [-0.4, -0.2) is 27.1 Å². The summed E-state index contributed by atoms with van der Waals surface area (Å²) in [5, 5.41) is 4.08. The first-order chi connectivity index (χ1) is 19.2. The molecule has 4 aromatic carbocycles. The van der Waals surface area contributed by atoms with Gasteiger partial charge in [0.15, 0.2) is 0 Å². The number of para-hydroxylation sites is 1. The van der Waals surface area contributed by atoms with E-state index in [1.54, 1.807) is 36.4 Å². The van der Waals surface area contributed by atoms with E-state index >= 15 is 0 Å². The molecular formula is C32H33N3O4S. The molecule has 0 saturated carbocycles. The van der Waals surface area contributed by atoms with E-state index < -0.39 is 22.5 Å². The van der Waals surface area contributed by atoms with Crippen molar-refractivity contribution in [1.82, 2.24) is 5.43 Å². The highest BCUT2D eigenvalue weighted by atomic mass is 32.2. The zero-order chi connectivity index (χ0) is 28.5. The SMILES string of the molecule is Cc1ccc(S(=O)(=O)N(CC(=O)N/N=C\c2ccccc2OCc2ccccc2)c2ccc(C(C)C)cc2)cc1. The van der Waals surface area contributed by atoms with Crippen molar-refractivity contribution < 1.29 is 17.9 Å². The number of benzene rings is 4. The number of hydrogen-bond acceptors (Lipinski definition) is 5. The molecule has 0 fully saturated rings. The van der Waals surface area contributed by atoms with Gasteiger partial charge in [0.1, 0.15) is 18.9 Å². The summed E-state index contributed by atoms with van der Waals surface area (Å²) in [7, 11) is -4.02. The number of amides is 1. The van der Waals surface area contributed by atoms with Gasteiger partial charge in [-0.05, 0) is 60.4 Å². The lowest BCUT2D eigenvalue weighted by Crippen LogP contribution is -2.39. The first-order valence-electron chi connectivity index (χ1n) is 13.0. The second kappa shape index (κ2) is 13.1. The Balaban J connectivity index is 1.50. The van der Waals surface area contributed by atoms with Gasteiger partial charge in [0.05, 0.1) is 16.8 Å². The van der Waals surface area contributed by atoms with Crippen molar-refractivity contribution in [2.75, 3.05) is 10.8 Å². The van der Waals surface area contributed by atoms with Gasteiger partial charge in [-0.1, -0.05) is 86.1 Å². The molecule has 0 spiro atoms. The second-order valence-corrected chi connectivity index (χ2v) is 11.5. The number of carbonyl (C=O) groups is 1. The van der Waals surface area contributed by atoms with Crippen LogP contribution in [0.25, 0.3) is 0 Å². The predicted octanol–water partition coefficient (Wildman–Crippen LogP) is 6.04. The monoisotopic (exact) mass is 555 g/mol. The predicted molar refractivity (Wildman–Crippen MR) is 159 cm³/mol. The third kappa shape index (κ3) is 7.36. The van der Waals surface area contributed by atoms with E-state index in [2.05, 4.69) is 24.4 Å². The van der Waals surface area contributed by atoms with Gasteiger partial charge >= 0.3 is 0 Å². The smallest absolute Gasteiger partial charge is 0.264 e. The summed E-state index contributed by atoms with van der Waals surface area (Å²) in [5.41, 5.74) is 6.56. The Morgan fingerprint density at radius 3 is 2.23 bits per heavy atom. The Morgan fingerprint density at radius 2 is 1.55 bits per heavy atom. The molecule has 206 valence electrons. The first kappa shape index (κ1) is 28.6. The van der Waals surface area contributed by atoms with Crippen LogP contribution >= 0.6 is 0 Å². The summed E-state index contributed by atoms with van der Waals surface area (Å²) in [4.78, 5) is 13.1. The number of hydrogen-bond donors (Lipinski definition) is 1. The molecule has 1 N–H and O–H groups in total. The van der Waals surface area contributed by atoms with Crippen molar-refractivity contribution in [1.29, 1.82) is 0 Å². The largest absolute Gasteiger partial charge is 0.488 e. The van der Waals surface area contributed by atoms with Gasteiger partial charge in [0.25, 0.3) is 15.9 Å². The molecule has 4 aromatic rings. The number of nitrogens with one attached hydrogen (secondary N) is 1. The average molecular weight is 556 g/mol. The normalized spacial score (nSPS) is 11.5. The first-order valence-corrected chi connectivity index (χ1v) is 14.4. The second-order valence-electron chi connectivity index (χ2n) is 9.68. The van der Waals surface area contributed by atoms with Crippen LogP contribution < -0.4 is 14.5 Å². The summed E-state index contributed by atoms with van der Waals surface area (Å²) in [6, 6.07) is 30.9. The molecule has 0 unspecified atom stereocenters. The number of nitrogens with zero attached hydrogens (tertiary/aromatic N) is 2. The highest BCUT2D eigenvalue weighted by Gasteiger charge is 2.27. The Morgan fingerprint density at radius 1 is 0.900 bits per heavy atom. The third-order valence-electron chi connectivity index (χ3n) is 6.29. The molecule has 0 aliphatic carbocycles. The van der Waals surface area contributed by atoms with Crippen LogP contribution in [0, 0.1) is 6.92 Å². The van der Waals surface area contributed by atoms with Crippen molar-refractivity contribution in [3.05, 3.63) is 125 Å². The van der Waals surface area contributed by atoms with Gasteiger partial charge in [-0.15, -0.1) is 0 Å². The fourth-order valence-electron chi connectivity index (χ4n) is 3.97. The fraction of sp³-hybridized carbons (Fsp3) is 0.188. The molecular weight excluding hydrogens is 522 g/mol. The molecule has 0 bridgehead atoms. The van der Waals surface area contributed by atoms with Gasteiger partial charge in [0, 0.05) is 5.56 Å². The number of hydrazone groups is 1. The summed E-state index contributed by atoms with van der Waals surface area (Å²) in [6.45, 7) is 5.95. The topological polar surface area (TPSA) is 88.1 Å². The summed E-state index contributed by atoms with van der Waals surface area (Å²) >= 11 is 0. The minimum absolute atomic E-state index is 0.104. The lowest BCUT2D eigenvalue weighted by Gasteiger charge is -2.24. The molecule has 40 heavy (non-hydrogen) atoms. The van der Waals surface area contributed by atoms with Crippen LogP contribution in [0.15, 0.2) is 113 Å². The lowest BCUT2D eigenvalue weighted by atomic mass is 10.0. The maximum Gasteiger partial charge on any atom is 0.264 e. The number of carbonyl (C=O) groups excluding carboxylic acids is 1. The van der Waals surface area contributed by atoms with Crippen LogP contribution in [0.1, 0.15) is 42.0 Å². The van der Waals surface area contributed by atoms with Crippen molar-refractivity contribution in [3.63, 3.8) is 0 Å². The van der Waals surface area contributed by atoms with E-state index in [9.17, 15) is 13.2 Å². The Kier molecular flexibility index (Phi) is 9.35. The Labute approximate surface area is 236 Å². The zero-order valence-corrected chi connectivity index (χ0v) is 23.6. The minimum Gasteiger partial charge on any atom is -0.488 e. The maximum absolute atomic E-state index is 13.6. The van der Waals surface area contributed by atoms with Crippen LogP contribution in [0.2, 0.25) is 0 Å². The van der Waals surface area contributed by atoms with Gasteiger partial charge in [0.2, 0.25) is 0 Å². The standard InChI is InChI=1S/C32H33N3O4S/c1-24(2)27-15-17-29(18-16-27)35(40(37,38)30-19-13-25(3)14-20-30)22-32(36)34-33-21-28-11-7-8-12-31(28)39-23-26-9-5-4-6-10-26/h4-21,24H,22-23H2,1-3H3,(H,34,36)/b33-21-. The highest BCUT2D eigenvalue weighted by Crippen LogP contribution is 2.26. The molecule has 0 atom stereocenters. The van der Waals surface area contributed by atoms with Gasteiger partial charge < -0.3 is 4.74 Å². The number of anilines is 1. The quantitative estimate of drug-likeness (QED) is 0.180.